The highest BCUT2D eigenvalue weighted by atomic mass is 14.5. The van der Waals surface area contributed by atoms with E-state index in [1.54, 1.807) is 0 Å². The van der Waals surface area contributed by atoms with Crippen molar-refractivity contribution < 1.29 is 0 Å². The first-order valence-corrected chi connectivity index (χ1v) is 8.47. The van der Waals surface area contributed by atoms with E-state index in [1.165, 1.54) is 89.9 Å². The molecule has 18 heavy (non-hydrogen) atoms. The van der Waals surface area contributed by atoms with E-state index in [0.717, 1.165) is 12.3 Å². The van der Waals surface area contributed by atoms with Crippen molar-refractivity contribution in [2.45, 2.75) is 95.7 Å². The lowest BCUT2D eigenvalue weighted by atomic mass is 9.61. The van der Waals surface area contributed by atoms with Gasteiger partial charge in [-0.1, -0.05) is 95.7 Å². The normalized spacial score (nSPS) is 22.9. The van der Waals surface area contributed by atoms with Crippen molar-refractivity contribution in [2.24, 2.45) is 5.73 Å². The summed E-state index contributed by atoms with van der Waals surface area (Å²) in [4.78, 5) is 0. The van der Waals surface area contributed by atoms with E-state index in [9.17, 15) is 0 Å². The van der Waals surface area contributed by atoms with Gasteiger partial charge in [0.15, 0.2) is 0 Å². The molecule has 105 valence electrons. The predicted octanol–water partition coefficient (Wildman–Crippen LogP) is 4.87. The smallest absolute Gasteiger partial charge is 0.132 e. The Morgan fingerprint density at radius 2 is 0.944 bits per heavy atom. The van der Waals surface area contributed by atoms with Gasteiger partial charge < -0.3 is 5.73 Å². The lowest BCUT2D eigenvalue weighted by Crippen LogP contribution is -2.15. The van der Waals surface area contributed by atoms with Crippen molar-refractivity contribution in [1.29, 1.82) is 0 Å². The van der Waals surface area contributed by atoms with Crippen LogP contribution in [0.4, 0.5) is 0 Å². The van der Waals surface area contributed by atoms with Crippen LogP contribution in [0.2, 0.25) is 5.82 Å². The summed E-state index contributed by atoms with van der Waals surface area (Å²) in [7, 11) is 2.36. The Labute approximate surface area is 116 Å². The molecule has 0 aromatic carbocycles. The average molecular weight is 250 g/mol. The number of hydrogen-bond donors (Lipinski definition) is 1. The number of rotatable bonds is 2. The molecule has 0 unspecified atom stereocenters. The highest BCUT2D eigenvalue weighted by Gasteiger charge is 2.08. The fourth-order valence-electron chi connectivity index (χ4n) is 3.15. The minimum atomic E-state index is 0.769. The summed E-state index contributed by atoms with van der Waals surface area (Å²) in [5.74, 6) is 0.806. The summed E-state index contributed by atoms with van der Waals surface area (Å²) in [6.07, 6.45) is 21.0. The van der Waals surface area contributed by atoms with Gasteiger partial charge in [-0.2, -0.15) is 0 Å². The van der Waals surface area contributed by atoms with Crippen molar-refractivity contribution in [1.82, 2.24) is 0 Å². The molecule has 1 nitrogen and oxygen atoms in total. The molecule has 1 radical (unpaired) electrons. The van der Waals surface area contributed by atoms with Gasteiger partial charge in [0, 0.05) is 0 Å². The van der Waals surface area contributed by atoms with Gasteiger partial charge in [0.2, 0.25) is 0 Å². The second-order valence-electron chi connectivity index (χ2n) is 6.05. The van der Waals surface area contributed by atoms with E-state index in [-0.39, 0.29) is 0 Å². The van der Waals surface area contributed by atoms with E-state index in [4.69, 9.17) is 5.73 Å². The van der Waals surface area contributed by atoms with Gasteiger partial charge in [0.05, 0.1) is 0 Å². The molecule has 0 aromatic heterocycles. The lowest BCUT2D eigenvalue weighted by molar-refractivity contribution is 0.544. The molecular weight excluding hydrogens is 217 g/mol. The Balaban J connectivity index is 2.20. The summed E-state index contributed by atoms with van der Waals surface area (Å²) in [6, 6.07) is 0. The minimum Gasteiger partial charge on any atom is -0.338 e. The molecule has 2 N–H and O–H groups in total. The van der Waals surface area contributed by atoms with E-state index >= 15 is 0 Å². The number of nitrogens with two attached hydrogens (primary N) is 1. The Bertz CT molecular complexity index is 156. The predicted molar refractivity (Wildman–Crippen MR) is 83.2 cm³/mol. The van der Waals surface area contributed by atoms with Gasteiger partial charge in [-0.15, -0.1) is 0 Å². The maximum atomic E-state index is 5.69. The lowest BCUT2D eigenvalue weighted by Gasteiger charge is -2.15. The molecule has 0 atom stereocenters. The summed E-state index contributed by atoms with van der Waals surface area (Å²) >= 11 is 0. The highest BCUT2D eigenvalue weighted by Crippen LogP contribution is 2.23. The molecule has 0 aromatic rings. The molecule has 1 fully saturated rings. The van der Waals surface area contributed by atoms with E-state index < -0.39 is 0 Å². The molecule has 0 aliphatic heterocycles. The van der Waals surface area contributed by atoms with Gasteiger partial charge >= 0.3 is 0 Å². The van der Waals surface area contributed by atoms with Crippen LogP contribution in [-0.4, -0.2) is 13.7 Å². The van der Waals surface area contributed by atoms with Crippen LogP contribution in [0, 0.1) is 0 Å². The second kappa shape index (κ2) is 12.1. The monoisotopic (exact) mass is 250 g/mol. The molecule has 1 saturated carbocycles. The Morgan fingerprint density at radius 1 is 0.611 bits per heavy atom. The second-order valence-corrected chi connectivity index (χ2v) is 6.05. The summed E-state index contributed by atoms with van der Waals surface area (Å²) in [6.45, 7) is 0. The van der Waals surface area contributed by atoms with Crippen LogP contribution in [0.3, 0.4) is 0 Å². The van der Waals surface area contributed by atoms with Gasteiger partial charge in [0.1, 0.15) is 7.28 Å². The molecule has 0 bridgehead atoms. The fourth-order valence-corrected chi connectivity index (χ4v) is 3.15. The molecule has 0 saturated heterocycles. The first kappa shape index (κ1) is 16.1. The molecule has 1 rings (SSSR count). The van der Waals surface area contributed by atoms with Gasteiger partial charge in [-0.25, -0.2) is 0 Å². The van der Waals surface area contributed by atoms with Crippen LogP contribution in [0.25, 0.3) is 0 Å². The largest absolute Gasteiger partial charge is 0.338 e. The topological polar surface area (TPSA) is 26.0 Å². The maximum absolute atomic E-state index is 5.69. The SMILES string of the molecule is NC[B]C1CCCCCCCCCCCCCC1. The van der Waals surface area contributed by atoms with Crippen molar-refractivity contribution in [2.75, 3.05) is 6.44 Å². The zero-order valence-corrected chi connectivity index (χ0v) is 12.3. The fraction of sp³-hybridized carbons (Fsp3) is 1.00. The summed E-state index contributed by atoms with van der Waals surface area (Å²) < 4.78 is 0. The van der Waals surface area contributed by atoms with Crippen molar-refractivity contribution in [3.05, 3.63) is 0 Å². The molecule has 0 spiro atoms. The zero-order chi connectivity index (χ0) is 12.9. The quantitative estimate of drug-likeness (QED) is 0.695. The third-order valence-corrected chi connectivity index (χ3v) is 4.37. The first-order valence-electron chi connectivity index (χ1n) is 8.47. The molecule has 2 heteroatoms. The Hall–Kier alpha value is 0.0249. The number of hydrogen-bond acceptors (Lipinski definition) is 1. The zero-order valence-electron chi connectivity index (χ0n) is 12.3. The molecule has 0 amide bonds. The maximum Gasteiger partial charge on any atom is 0.132 e. The van der Waals surface area contributed by atoms with E-state index in [2.05, 4.69) is 7.28 Å². The first-order chi connectivity index (χ1) is 8.93. The summed E-state index contributed by atoms with van der Waals surface area (Å²) in [5, 5.41) is 0. The van der Waals surface area contributed by atoms with Gasteiger partial charge in [0.25, 0.3) is 0 Å². The van der Waals surface area contributed by atoms with Crippen molar-refractivity contribution >= 4 is 7.28 Å². The molecular formula is C16H33BN. The average Bonchev–Trinajstić information content (AvgIpc) is 2.39. The third kappa shape index (κ3) is 9.02. The minimum absolute atomic E-state index is 0.769. The highest BCUT2D eigenvalue weighted by molar-refractivity contribution is 6.37. The Kier molecular flexibility index (Phi) is 10.8. The Morgan fingerprint density at radius 3 is 1.28 bits per heavy atom. The molecule has 1 aliphatic rings. The van der Waals surface area contributed by atoms with Crippen molar-refractivity contribution in [3.63, 3.8) is 0 Å². The molecule has 1 aliphatic carbocycles. The van der Waals surface area contributed by atoms with Crippen molar-refractivity contribution in [3.8, 4) is 0 Å². The summed E-state index contributed by atoms with van der Waals surface area (Å²) in [5.41, 5.74) is 5.69. The van der Waals surface area contributed by atoms with Gasteiger partial charge in [-0.3, -0.25) is 0 Å². The molecule has 0 heterocycles. The standard InChI is InChI=1S/C16H33BN/c18-15-17-16-13-11-9-7-5-3-1-2-4-6-8-10-12-14-16/h16H,1-15,18H2. The van der Waals surface area contributed by atoms with Crippen LogP contribution in [0.1, 0.15) is 89.9 Å². The van der Waals surface area contributed by atoms with E-state index in [1.807, 2.05) is 0 Å². The van der Waals surface area contributed by atoms with Crippen LogP contribution >= 0.6 is 0 Å². The third-order valence-electron chi connectivity index (χ3n) is 4.37. The van der Waals surface area contributed by atoms with Gasteiger partial charge in [-0.05, 0) is 6.44 Å². The van der Waals surface area contributed by atoms with E-state index in [0.29, 0.717) is 0 Å². The van der Waals surface area contributed by atoms with Crippen LogP contribution in [-0.2, 0) is 0 Å². The van der Waals surface area contributed by atoms with Crippen LogP contribution < -0.4 is 5.73 Å². The van der Waals surface area contributed by atoms with Crippen LogP contribution in [0.15, 0.2) is 0 Å². The van der Waals surface area contributed by atoms with Crippen LogP contribution in [0.5, 0.6) is 0 Å².